The average molecular weight is 443 g/mol. The van der Waals surface area contributed by atoms with Gasteiger partial charge in [0.1, 0.15) is 11.3 Å². The fourth-order valence-electron chi connectivity index (χ4n) is 3.46. The van der Waals surface area contributed by atoms with Gasteiger partial charge in [-0.2, -0.15) is 5.10 Å². The van der Waals surface area contributed by atoms with Crippen LogP contribution in [-0.2, 0) is 4.79 Å². The summed E-state index contributed by atoms with van der Waals surface area (Å²) < 4.78 is 16.9. The van der Waals surface area contributed by atoms with E-state index in [2.05, 4.69) is 25.8 Å². The molecule has 10 heteroatoms. The first-order chi connectivity index (χ1) is 14.4. The summed E-state index contributed by atoms with van der Waals surface area (Å²) in [6.07, 6.45) is 6.95. The lowest BCUT2D eigenvalue weighted by atomic mass is 10.0. The maximum Gasteiger partial charge on any atom is 0.228 e. The summed E-state index contributed by atoms with van der Waals surface area (Å²) in [6, 6.07) is 3.59. The molecule has 1 amide bonds. The van der Waals surface area contributed by atoms with Crippen molar-refractivity contribution >= 4 is 62.8 Å². The lowest BCUT2D eigenvalue weighted by molar-refractivity contribution is -0.117. The van der Waals surface area contributed by atoms with Crippen LogP contribution in [0.15, 0.2) is 30.7 Å². The molecule has 3 N–H and O–H groups in total. The third-order valence-corrected chi connectivity index (χ3v) is 5.49. The predicted molar refractivity (Wildman–Crippen MR) is 118 cm³/mol. The molecule has 4 aromatic rings. The van der Waals surface area contributed by atoms with Crippen molar-refractivity contribution in [2.75, 3.05) is 10.6 Å². The van der Waals surface area contributed by atoms with Crippen molar-refractivity contribution < 1.29 is 9.18 Å². The zero-order valence-electron chi connectivity index (χ0n) is 15.8. The quantitative estimate of drug-likeness (QED) is 0.396. The van der Waals surface area contributed by atoms with E-state index in [4.69, 9.17) is 23.8 Å². The molecule has 0 atom stereocenters. The summed E-state index contributed by atoms with van der Waals surface area (Å²) in [7, 11) is 0. The molecule has 0 bridgehead atoms. The maximum absolute atomic E-state index is 15.1. The molecule has 1 saturated carbocycles. The molecule has 0 spiro atoms. The van der Waals surface area contributed by atoms with Crippen molar-refractivity contribution in [3.63, 3.8) is 0 Å². The highest BCUT2D eigenvalue weighted by Crippen LogP contribution is 2.41. The average Bonchev–Trinajstić information content (AvgIpc) is 3.32. The number of carbonyl (C=O) groups is 1. The van der Waals surface area contributed by atoms with Crippen LogP contribution in [0.2, 0.25) is 5.02 Å². The molecule has 1 aliphatic rings. The second kappa shape index (κ2) is 7.03. The summed E-state index contributed by atoms with van der Waals surface area (Å²) in [5.74, 6) is -0.0630. The number of aromatic amines is 1. The molecule has 0 saturated heterocycles. The number of pyridine rings is 1. The van der Waals surface area contributed by atoms with Gasteiger partial charge in [0.05, 0.1) is 27.9 Å². The maximum atomic E-state index is 15.1. The number of thiocarbonyl (C=S) groups is 1. The van der Waals surface area contributed by atoms with Gasteiger partial charge in [-0.15, -0.1) is 0 Å². The van der Waals surface area contributed by atoms with Gasteiger partial charge in [-0.25, -0.2) is 9.37 Å². The standard InChI is InChI=1S/C20H16ClFN6OS/c1-9(30)24-19-17(22)16(21)15(12-6-23-27-18(12)19)11-4-5-14-25-13(8-28(14)7-11)26-20(29)10-2-3-10/h4-8,10H,2-3H2,1H3,(H,23,27)(H,24,30)(H,26,29). The Morgan fingerprint density at radius 2 is 2.13 bits per heavy atom. The largest absolute Gasteiger partial charge is 0.346 e. The van der Waals surface area contributed by atoms with Crippen molar-refractivity contribution in [2.45, 2.75) is 19.8 Å². The van der Waals surface area contributed by atoms with E-state index in [-0.39, 0.29) is 22.5 Å². The van der Waals surface area contributed by atoms with Crippen molar-refractivity contribution in [2.24, 2.45) is 5.92 Å². The number of fused-ring (bicyclic) bond motifs is 2. The molecule has 3 heterocycles. The lowest BCUT2D eigenvalue weighted by Crippen LogP contribution is -2.13. The van der Waals surface area contributed by atoms with Gasteiger partial charge in [-0.05, 0) is 31.9 Å². The zero-order valence-corrected chi connectivity index (χ0v) is 17.4. The molecule has 0 aliphatic heterocycles. The summed E-state index contributed by atoms with van der Waals surface area (Å²) in [5.41, 5.74) is 2.47. The lowest BCUT2D eigenvalue weighted by Gasteiger charge is -2.13. The highest BCUT2D eigenvalue weighted by atomic mass is 35.5. The van der Waals surface area contributed by atoms with Gasteiger partial charge in [0.15, 0.2) is 11.6 Å². The summed E-state index contributed by atoms with van der Waals surface area (Å²) >= 11 is 11.5. The molecule has 1 aliphatic carbocycles. The van der Waals surface area contributed by atoms with E-state index < -0.39 is 5.82 Å². The molecule has 0 radical (unpaired) electrons. The van der Waals surface area contributed by atoms with Crippen LogP contribution >= 0.6 is 23.8 Å². The topological polar surface area (TPSA) is 87.1 Å². The van der Waals surface area contributed by atoms with Crippen LogP contribution in [0.1, 0.15) is 19.8 Å². The normalized spacial score (nSPS) is 13.7. The predicted octanol–water partition coefficient (Wildman–Crippen LogP) is 4.78. The van der Waals surface area contributed by atoms with Crippen LogP contribution in [0.25, 0.3) is 27.7 Å². The highest BCUT2D eigenvalue weighted by Gasteiger charge is 2.30. The van der Waals surface area contributed by atoms with Crippen LogP contribution in [0, 0.1) is 11.7 Å². The molecule has 0 unspecified atom stereocenters. The number of nitrogens with one attached hydrogen (secondary N) is 3. The zero-order chi connectivity index (χ0) is 21.0. The van der Waals surface area contributed by atoms with Crippen LogP contribution in [0.3, 0.4) is 0 Å². The van der Waals surface area contributed by atoms with Crippen LogP contribution in [-0.4, -0.2) is 30.5 Å². The van der Waals surface area contributed by atoms with Gasteiger partial charge in [0.2, 0.25) is 5.91 Å². The molecule has 7 nitrogen and oxygen atoms in total. The van der Waals surface area contributed by atoms with E-state index in [0.717, 1.165) is 12.8 Å². The Labute approximate surface area is 180 Å². The molecular formula is C20H16ClFN6OS. The molecule has 1 fully saturated rings. The van der Waals surface area contributed by atoms with E-state index in [1.54, 1.807) is 42.0 Å². The van der Waals surface area contributed by atoms with Crippen LogP contribution < -0.4 is 10.6 Å². The molecule has 30 heavy (non-hydrogen) atoms. The molecule has 152 valence electrons. The SMILES string of the molecule is CC(=S)Nc1c(F)c(Cl)c(-c2ccc3nc(NC(=O)C4CC4)cn3c2)c2cn[nH]c12. The first-order valence-electron chi connectivity index (χ1n) is 9.34. The Morgan fingerprint density at radius 3 is 2.87 bits per heavy atom. The van der Waals surface area contributed by atoms with Crippen molar-refractivity contribution in [3.8, 4) is 11.1 Å². The van der Waals surface area contributed by atoms with E-state index in [0.29, 0.717) is 38.5 Å². The van der Waals surface area contributed by atoms with Crippen molar-refractivity contribution in [3.05, 3.63) is 41.6 Å². The minimum absolute atomic E-state index is 0.0132. The number of hydrogen-bond acceptors (Lipinski definition) is 4. The number of rotatable bonds is 4. The van der Waals surface area contributed by atoms with Crippen LogP contribution in [0.5, 0.6) is 0 Å². The van der Waals surface area contributed by atoms with Crippen molar-refractivity contribution in [1.82, 2.24) is 19.6 Å². The number of halogens is 2. The van der Waals surface area contributed by atoms with Gasteiger partial charge in [-0.1, -0.05) is 23.8 Å². The number of H-pyrrole nitrogens is 1. The molecule has 5 rings (SSSR count). The van der Waals surface area contributed by atoms with Crippen LogP contribution in [0.4, 0.5) is 15.9 Å². The third-order valence-electron chi connectivity index (χ3n) is 5.03. The Balaban J connectivity index is 1.61. The van der Waals surface area contributed by atoms with Gasteiger partial charge in [0.25, 0.3) is 0 Å². The van der Waals surface area contributed by atoms with Crippen molar-refractivity contribution in [1.29, 1.82) is 0 Å². The van der Waals surface area contributed by atoms with Gasteiger partial charge < -0.3 is 15.0 Å². The smallest absolute Gasteiger partial charge is 0.228 e. The fraction of sp³-hybridized carbons (Fsp3) is 0.200. The Kier molecular flexibility index (Phi) is 4.44. The van der Waals surface area contributed by atoms with E-state index >= 15 is 4.39 Å². The number of aromatic nitrogens is 4. The van der Waals surface area contributed by atoms with E-state index in [9.17, 15) is 4.79 Å². The molecule has 3 aromatic heterocycles. The van der Waals surface area contributed by atoms with E-state index in [1.165, 1.54) is 0 Å². The number of anilines is 2. The number of imidazole rings is 1. The fourth-order valence-corrected chi connectivity index (χ4v) is 3.87. The number of carbonyl (C=O) groups excluding carboxylic acids is 1. The summed E-state index contributed by atoms with van der Waals surface area (Å²) in [5, 5.41) is 13.2. The number of hydrogen-bond donors (Lipinski definition) is 3. The number of amides is 1. The van der Waals surface area contributed by atoms with E-state index in [1.807, 2.05) is 0 Å². The molecule has 1 aromatic carbocycles. The van der Waals surface area contributed by atoms with Gasteiger partial charge >= 0.3 is 0 Å². The Bertz CT molecular complexity index is 1340. The summed E-state index contributed by atoms with van der Waals surface area (Å²) in [6.45, 7) is 1.66. The van der Waals surface area contributed by atoms with Gasteiger partial charge in [0, 0.05) is 28.6 Å². The summed E-state index contributed by atoms with van der Waals surface area (Å²) in [4.78, 5) is 16.8. The number of nitrogens with zero attached hydrogens (tertiary/aromatic N) is 3. The third kappa shape index (κ3) is 3.20. The number of benzene rings is 1. The highest BCUT2D eigenvalue weighted by molar-refractivity contribution is 7.80. The molecular weight excluding hydrogens is 427 g/mol. The Morgan fingerprint density at radius 1 is 1.33 bits per heavy atom. The minimum atomic E-state index is -0.615. The van der Waals surface area contributed by atoms with Gasteiger partial charge in [-0.3, -0.25) is 9.89 Å². The Hall–Kier alpha value is -3.04. The second-order valence-electron chi connectivity index (χ2n) is 7.29. The minimum Gasteiger partial charge on any atom is -0.346 e. The first-order valence-corrected chi connectivity index (χ1v) is 10.1. The first kappa shape index (κ1) is 19.0. The second-order valence-corrected chi connectivity index (χ2v) is 8.28. The monoisotopic (exact) mass is 442 g/mol.